The molecule has 21 heavy (non-hydrogen) atoms. The Morgan fingerprint density at radius 3 is 2.95 bits per heavy atom. The molecule has 1 unspecified atom stereocenters. The van der Waals surface area contributed by atoms with Crippen LogP contribution in [0.1, 0.15) is 24.5 Å². The summed E-state index contributed by atoms with van der Waals surface area (Å²) >= 11 is 0. The molecule has 1 saturated heterocycles. The zero-order valence-electron chi connectivity index (χ0n) is 11.6. The lowest BCUT2D eigenvalue weighted by molar-refractivity contribution is -0.0520. The highest BCUT2D eigenvalue weighted by atomic mass is 19.3. The van der Waals surface area contributed by atoms with Crippen molar-refractivity contribution < 1.29 is 18.3 Å². The number of aromatic nitrogens is 3. The van der Waals surface area contributed by atoms with Crippen LogP contribution in [0.15, 0.2) is 12.4 Å². The SMILES string of the molecule is CNc1cn2cc(C3CCCOC3)nc2c(OC(F)F)n1. The van der Waals surface area contributed by atoms with Gasteiger partial charge in [0, 0.05) is 25.8 Å². The third-order valence-corrected chi connectivity index (χ3v) is 3.46. The first kappa shape index (κ1) is 14.0. The molecule has 2 aromatic rings. The molecular weight excluding hydrogens is 282 g/mol. The number of rotatable bonds is 4. The van der Waals surface area contributed by atoms with Crippen LogP contribution in [0.2, 0.25) is 0 Å². The third kappa shape index (κ3) is 2.90. The minimum absolute atomic E-state index is 0.177. The Morgan fingerprint density at radius 2 is 2.29 bits per heavy atom. The van der Waals surface area contributed by atoms with Gasteiger partial charge in [0.2, 0.25) is 5.65 Å². The maximum absolute atomic E-state index is 12.5. The molecule has 0 radical (unpaired) electrons. The zero-order chi connectivity index (χ0) is 14.8. The second kappa shape index (κ2) is 5.80. The van der Waals surface area contributed by atoms with E-state index >= 15 is 0 Å². The van der Waals surface area contributed by atoms with E-state index in [1.807, 2.05) is 6.20 Å². The number of ether oxygens (including phenoxy) is 2. The molecule has 1 aliphatic heterocycles. The smallest absolute Gasteiger partial charge is 0.388 e. The number of alkyl halides is 2. The van der Waals surface area contributed by atoms with Gasteiger partial charge < -0.3 is 14.8 Å². The highest BCUT2D eigenvalue weighted by Gasteiger charge is 2.21. The van der Waals surface area contributed by atoms with Gasteiger partial charge in [-0.3, -0.25) is 4.40 Å². The van der Waals surface area contributed by atoms with Crippen molar-refractivity contribution in [2.24, 2.45) is 0 Å². The Kier molecular flexibility index (Phi) is 3.87. The second-order valence-corrected chi connectivity index (χ2v) is 4.87. The summed E-state index contributed by atoms with van der Waals surface area (Å²) < 4.78 is 36.6. The number of hydrogen-bond acceptors (Lipinski definition) is 5. The quantitative estimate of drug-likeness (QED) is 0.938. The molecule has 0 aliphatic carbocycles. The zero-order valence-corrected chi connectivity index (χ0v) is 11.6. The first-order valence-electron chi connectivity index (χ1n) is 6.77. The molecule has 0 spiro atoms. The maximum atomic E-state index is 12.5. The van der Waals surface area contributed by atoms with E-state index in [0.717, 1.165) is 25.1 Å². The molecule has 8 heteroatoms. The molecule has 0 amide bonds. The average Bonchev–Trinajstić information content (AvgIpc) is 2.91. The Balaban J connectivity index is 2.01. The standard InChI is InChI=1S/C13H16F2N4O2/c1-16-10-6-19-5-9(8-3-2-4-20-7-8)17-11(19)12(18-10)21-13(14)15/h5-6,8,13,16H,2-4,7H2,1H3. The number of hydrogen-bond donors (Lipinski definition) is 1. The van der Waals surface area contributed by atoms with Crippen molar-refractivity contribution in [3.63, 3.8) is 0 Å². The summed E-state index contributed by atoms with van der Waals surface area (Å²) in [6, 6.07) is 0. The van der Waals surface area contributed by atoms with Crippen LogP contribution in [-0.2, 0) is 4.74 Å². The minimum Gasteiger partial charge on any atom is -0.413 e. The van der Waals surface area contributed by atoms with Crippen molar-refractivity contribution in [3.05, 3.63) is 18.1 Å². The molecule has 3 rings (SSSR count). The van der Waals surface area contributed by atoms with E-state index in [2.05, 4.69) is 20.0 Å². The van der Waals surface area contributed by atoms with Crippen LogP contribution < -0.4 is 10.1 Å². The number of fused-ring (bicyclic) bond motifs is 1. The summed E-state index contributed by atoms with van der Waals surface area (Å²) in [4.78, 5) is 8.39. The summed E-state index contributed by atoms with van der Waals surface area (Å²) in [5.74, 6) is 0.429. The van der Waals surface area contributed by atoms with Gasteiger partial charge in [-0.25, -0.2) is 4.98 Å². The van der Waals surface area contributed by atoms with Gasteiger partial charge in [0.1, 0.15) is 5.82 Å². The van der Waals surface area contributed by atoms with E-state index in [0.29, 0.717) is 12.4 Å². The van der Waals surface area contributed by atoms with Gasteiger partial charge in [-0.2, -0.15) is 13.8 Å². The van der Waals surface area contributed by atoms with Crippen LogP contribution in [0.5, 0.6) is 5.88 Å². The molecule has 0 saturated carbocycles. The van der Waals surface area contributed by atoms with Crippen LogP contribution in [0.3, 0.4) is 0 Å². The van der Waals surface area contributed by atoms with Crippen molar-refractivity contribution in [2.45, 2.75) is 25.4 Å². The highest BCUT2D eigenvalue weighted by Crippen LogP contribution is 2.28. The lowest BCUT2D eigenvalue weighted by atomic mass is 9.99. The van der Waals surface area contributed by atoms with E-state index in [1.54, 1.807) is 17.6 Å². The molecular formula is C13H16F2N4O2. The molecule has 2 aromatic heterocycles. The van der Waals surface area contributed by atoms with E-state index in [9.17, 15) is 8.78 Å². The van der Waals surface area contributed by atoms with Crippen LogP contribution >= 0.6 is 0 Å². The molecule has 1 fully saturated rings. The molecule has 114 valence electrons. The fraction of sp³-hybridized carbons (Fsp3) is 0.538. The van der Waals surface area contributed by atoms with Crippen molar-refractivity contribution in [1.82, 2.24) is 14.4 Å². The van der Waals surface area contributed by atoms with E-state index in [1.165, 1.54) is 0 Å². The van der Waals surface area contributed by atoms with Gasteiger partial charge in [0.05, 0.1) is 18.5 Å². The van der Waals surface area contributed by atoms with Gasteiger partial charge in [0.15, 0.2) is 0 Å². The summed E-state index contributed by atoms with van der Waals surface area (Å²) in [6.07, 6.45) is 5.45. The first-order valence-corrected chi connectivity index (χ1v) is 6.77. The van der Waals surface area contributed by atoms with Gasteiger partial charge in [-0.15, -0.1) is 0 Å². The topological polar surface area (TPSA) is 60.7 Å². The molecule has 0 bridgehead atoms. The number of anilines is 1. The van der Waals surface area contributed by atoms with Gasteiger partial charge in [0.25, 0.3) is 5.88 Å². The maximum Gasteiger partial charge on any atom is 0.388 e. The number of nitrogens with zero attached hydrogens (tertiary/aromatic N) is 3. The minimum atomic E-state index is -2.94. The number of nitrogens with one attached hydrogen (secondary N) is 1. The molecule has 0 aromatic carbocycles. The summed E-state index contributed by atoms with van der Waals surface area (Å²) in [7, 11) is 1.66. The molecule has 1 N–H and O–H groups in total. The Labute approximate surface area is 120 Å². The normalized spacial score (nSPS) is 19.1. The monoisotopic (exact) mass is 298 g/mol. The van der Waals surface area contributed by atoms with Gasteiger partial charge in [-0.1, -0.05) is 0 Å². The van der Waals surface area contributed by atoms with E-state index in [4.69, 9.17) is 4.74 Å². The fourth-order valence-corrected chi connectivity index (χ4v) is 2.44. The summed E-state index contributed by atoms with van der Waals surface area (Å²) in [5.41, 5.74) is 1.10. The molecule has 1 atom stereocenters. The number of imidazole rings is 1. The molecule has 6 nitrogen and oxygen atoms in total. The predicted octanol–water partition coefficient (Wildman–Crippen LogP) is 2.27. The second-order valence-electron chi connectivity index (χ2n) is 4.87. The van der Waals surface area contributed by atoms with Crippen molar-refractivity contribution in [2.75, 3.05) is 25.6 Å². The Hall–Kier alpha value is -1.96. The largest absolute Gasteiger partial charge is 0.413 e. The number of halogens is 2. The van der Waals surface area contributed by atoms with Crippen molar-refractivity contribution >= 4 is 11.5 Å². The van der Waals surface area contributed by atoms with E-state index in [-0.39, 0.29) is 17.4 Å². The summed E-state index contributed by atoms with van der Waals surface area (Å²) in [5, 5.41) is 2.81. The third-order valence-electron chi connectivity index (χ3n) is 3.46. The summed E-state index contributed by atoms with van der Waals surface area (Å²) in [6.45, 7) is -1.58. The van der Waals surface area contributed by atoms with Gasteiger partial charge in [-0.05, 0) is 12.8 Å². The average molecular weight is 298 g/mol. The molecule has 1 aliphatic rings. The molecule has 3 heterocycles. The lowest BCUT2D eigenvalue weighted by Gasteiger charge is -2.19. The van der Waals surface area contributed by atoms with Crippen LogP contribution in [0, 0.1) is 0 Å². The Morgan fingerprint density at radius 1 is 1.43 bits per heavy atom. The highest BCUT2D eigenvalue weighted by molar-refractivity contribution is 5.55. The van der Waals surface area contributed by atoms with Crippen molar-refractivity contribution in [1.29, 1.82) is 0 Å². The van der Waals surface area contributed by atoms with Crippen LogP contribution in [0.25, 0.3) is 5.65 Å². The van der Waals surface area contributed by atoms with Crippen molar-refractivity contribution in [3.8, 4) is 5.88 Å². The fourth-order valence-electron chi connectivity index (χ4n) is 2.44. The van der Waals surface area contributed by atoms with Crippen LogP contribution in [0.4, 0.5) is 14.6 Å². The predicted molar refractivity (Wildman–Crippen MR) is 72.0 cm³/mol. The Bertz CT molecular complexity index is 626. The van der Waals surface area contributed by atoms with Gasteiger partial charge >= 0.3 is 6.61 Å². The first-order chi connectivity index (χ1) is 10.2. The van der Waals surface area contributed by atoms with Crippen LogP contribution in [-0.4, -0.2) is 41.2 Å². The lowest BCUT2D eigenvalue weighted by Crippen LogP contribution is -2.15. The van der Waals surface area contributed by atoms with E-state index < -0.39 is 6.61 Å².